The van der Waals surface area contributed by atoms with Crippen LogP contribution in [-0.2, 0) is 0 Å². The lowest BCUT2D eigenvalue weighted by Gasteiger charge is -2.15. The molecule has 0 aliphatic rings. The van der Waals surface area contributed by atoms with Crippen LogP contribution in [0.15, 0.2) is 36.4 Å². The van der Waals surface area contributed by atoms with Crippen LogP contribution in [0, 0.1) is 10.5 Å². The van der Waals surface area contributed by atoms with Crippen LogP contribution in [-0.4, -0.2) is 20.3 Å². The van der Waals surface area contributed by atoms with E-state index in [-0.39, 0.29) is 6.03 Å². The van der Waals surface area contributed by atoms with Crippen LogP contribution in [0.3, 0.4) is 0 Å². The van der Waals surface area contributed by atoms with E-state index in [2.05, 4.69) is 33.2 Å². The fraction of sp³-hybridized carbons (Fsp3) is 0.188. The number of hydrogen-bond donors (Lipinski definition) is 2. The molecule has 0 aliphatic carbocycles. The summed E-state index contributed by atoms with van der Waals surface area (Å²) in [6.07, 6.45) is 0. The minimum absolute atomic E-state index is 0.355. The number of carbonyl (C=O) groups excluding carboxylic acids is 1. The standard InChI is InChI=1S/C16H17IN2O3/c1-10-9-11(17)7-8-12(10)18-16(20)19-15-13(21-2)5-4-6-14(15)22-3/h4-9H,1-3H3,(H2,18,19,20). The number of urea groups is 1. The van der Waals surface area contributed by atoms with Gasteiger partial charge in [0.2, 0.25) is 0 Å². The number of para-hydroxylation sites is 1. The van der Waals surface area contributed by atoms with Gasteiger partial charge >= 0.3 is 6.03 Å². The molecule has 116 valence electrons. The molecule has 22 heavy (non-hydrogen) atoms. The molecule has 2 rings (SSSR count). The number of aryl methyl sites for hydroxylation is 1. The Kier molecular flexibility index (Phi) is 5.48. The molecular formula is C16H17IN2O3. The van der Waals surface area contributed by atoms with Gasteiger partial charge in [-0.25, -0.2) is 4.79 Å². The maximum Gasteiger partial charge on any atom is 0.323 e. The zero-order valence-electron chi connectivity index (χ0n) is 12.6. The zero-order chi connectivity index (χ0) is 16.1. The Bertz CT molecular complexity index is 667. The molecule has 0 saturated heterocycles. The maximum atomic E-state index is 12.2. The summed E-state index contributed by atoms with van der Waals surface area (Å²) in [6, 6.07) is 10.8. The molecule has 0 aliphatic heterocycles. The Labute approximate surface area is 143 Å². The molecule has 0 bridgehead atoms. The van der Waals surface area contributed by atoms with E-state index >= 15 is 0 Å². The Hall–Kier alpha value is -1.96. The summed E-state index contributed by atoms with van der Waals surface area (Å²) in [5.74, 6) is 1.07. The molecule has 2 amide bonds. The largest absolute Gasteiger partial charge is 0.494 e. The fourth-order valence-corrected chi connectivity index (χ4v) is 2.66. The van der Waals surface area contributed by atoms with E-state index in [0.29, 0.717) is 17.2 Å². The molecule has 5 nitrogen and oxygen atoms in total. The van der Waals surface area contributed by atoms with Crippen molar-refractivity contribution in [2.75, 3.05) is 24.9 Å². The summed E-state index contributed by atoms with van der Waals surface area (Å²) in [6.45, 7) is 1.95. The lowest BCUT2D eigenvalue weighted by atomic mass is 10.2. The predicted octanol–water partition coefficient (Wildman–Crippen LogP) is 4.26. The van der Waals surface area contributed by atoms with Gasteiger partial charge in [0, 0.05) is 9.26 Å². The molecule has 2 aromatic carbocycles. The Morgan fingerprint density at radius 1 is 1.05 bits per heavy atom. The van der Waals surface area contributed by atoms with E-state index < -0.39 is 0 Å². The Morgan fingerprint density at radius 2 is 1.68 bits per heavy atom. The van der Waals surface area contributed by atoms with Crippen molar-refractivity contribution < 1.29 is 14.3 Å². The van der Waals surface area contributed by atoms with Crippen molar-refractivity contribution in [3.05, 3.63) is 45.5 Å². The van der Waals surface area contributed by atoms with E-state index in [9.17, 15) is 4.79 Å². The topological polar surface area (TPSA) is 59.6 Å². The minimum atomic E-state index is -0.355. The highest BCUT2D eigenvalue weighted by Crippen LogP contribution is 2.34. The van der Waals surface area contributed by atoms with Crippen molar-refractivity contribution in [2.24, 2.45) is 0 Å². The van der Waals surface area contributed by atoms with Crippen molar-refractivity contribution in [3.8, 4) is 11.5 Å². The highest BCUT2D eigenvalue weighted by Gasteiger charge is 2.13. The van der Waals surface area contributed by atoms with Gasteiger partial charge in [0.05, 0.1) is 14.2 Å². The van der Waals surface area contributed by atoms with E-state index in [0.717, 1.165) is 14.8 Å². The molecule has 0 atom stereocenters. The molecule has 0 fully saturated rings. The summed E-state index contributed by atoms with van der Waals surface area (Å²) in [4.78, 5) is 12.2. The third-order valence-corrected chi connectivity index (χ3v) is 3.77. The van der Waals surface area contributed by atoms with Gasteiger partial charge in [0.25, 0.3) is 0 Å². The fourth-order valence-electron chi connectivity index (χ4n) is 2.01. The molecule has 2 aromatic rings. The molecule has 0 aromatic heterocycles. The van der Waals surface area contributed by atoms with Crippen LogP contribution in [0.2, 0.25) is 0 Å². The maximum absolute atomic E-state index is 12.2. The van der Waals surface area contributed by atoms with E-state index in [1.807, 2.05) is 25.1 Å². The SMILES string of the molecule is COc1cccc(OC)c1NC(=O)Nc1ccc(I)cc1C. The van der Waals surface area contributed by atoms with Crippen LogP contribution in [0.25, 0.3) is 0 Å². The number of carbonyl (C=O) groups is 1. The van der Waals surface area contributed by atoms with Crippen LogP contribution in [0.4, 0.5) is 16.2 Å². The average molecular weight is 412 g/mol. The smallest absolute Gasteiger partial charge is 0.323 e. The molecule has 0 spiro atoms. The van der Waals surface area contributed by atoms with Gasteiger partial charge in [-0.2, -0.15) is 0 Å². The third kappa shape index (κ3) is 3.82. The first kappa shape index (κ1) is 16.4. The first-order valence-electron chi connectivity index (χ1n) is 6.60. The van der Waals surface area contributed by atoms with Gasteiger partial charge in [-0.1, -0.05) is 6.07 Å². The van der Waals surface area contributed by atoms with Crippen LogP contribution in [0.5, 0.6) is 11.5 Å². The normalized spacial score (nSPS) is 10.0. The number of rotatable bonds is 4. The van der Waals surface area contributed by atoms with Gasteiger partial charge in [-0.15, -0.1) is 0 Å². The van der Waals surface area contributed by atoms with Gasteiger partial charge < -0.3 is 20.1 Å². The van der Waals surface area contributed by atoms with Crippen LogP contribution in [0.1, 0.15) is 5.56 Å². The zero-order valence-corrected chi connectivity index (χ0v) is 14.7. The minimum Gasteiger partial charge on any atom is -0.494 e. The first-order chi connectivity index (χ1) is 10.5. The summed E-state index contributed by atoms with van der Waals surface area (Å²) in [5, 5.41) is 5.59. The molecule has 2 N–H and O–H groups in total. The van der Waals surface area contributed by atoms with Crippen molar-refractivity contribution in [1.29, 1.82) is 0 Å². The molecule has 0 saturated carbocycles. The number of anilines is 2. The van der Waals surface area contributed by atoms with Crippen molar-refractivity contribution in [2.45, 2.75) is 6.92 Å². The average Bonchev–Trinajstić information content (AvgIpc) is 2.50. The number of benzene rings is 2. The second-order valence-corrected chi connectivity index (χ2v) is 5.82. The molecule has 0 unspecified atom stereocenters. The lowest BCUT2D eigenvalue weighted by molar-refractivity contribution is 0.262. The number of amides is 2. The second-order valence-electron chi connectivity index (χ2n) is 4.58. The highest BCUT2D eigenvalue weighted by molar-refractivity contribution is 14.1. The molecular weight excluding hydrogens is 395 g/mol. The summed E-state index contributed by atoms with van der Waals surface area (Å²) in [7, 11) is 3.09. The molecule has 0 radical (unpaired) electrons. The number of ether oxygens (including phenoxy) is 2. The van der Waals surface area contributed by atoms with E-state index in [4.69, 9.17) is 9.47 Å². The Morgan fingerprint density at radius 3 is 2.23 bits per heavy atom. The molecule has 0 heterocycles. The van der Waals surface area contributed by atoms with E-state index in [1.165, 1.54) is 0 Å². The number of nitrogens with one attached hydrogen (secondary N) is 2. The third-order valence-electron chi connectivity index (χ3n) is 3.10. The van der Waals surface area contributed by atoms with Gasteiger partial charge in [-0.05, 0) is 65.4 Å². The summed E-state index contributed by atoms with van der Waals surface area (Å²) in [5.41, 5.74) is 2.24. The first-order valence-corrected chi connectivity index (χ1v) is 7.68. The summed E-state index contributed by atoms with van der Waals surface area (Å²) >= 11 is 2.23. The van der Waals surface area contributed by atoms with Crippen molar-refractivity contribution in [3.63, 3.8) is 0 Å². The van der Waals surface area contributed by atoms with Gasteiger partial charge in [0.15, 0.2) is 0 Å². The molecule has 6 heteroatoms. The van der Waals surface area contributed by atoms with Gasteiger partial charge in [0.1, 0.15) is 17.2 Å². The lowest BCUT2D eigenvalue weighted by Crippen LogP contribution is -2.20. The monoisotopic (exact) mass is 412 g/mol. The predicted molar refractivity (Wildman–Crippen MR) is 96.1 cm³/mol. The van der Waals surface area contributed by atoms with E-state index in [1.54, 1.807) is 32.4 Å². The van der Waals surface area contributed by atoms with Crippen LogP contribution < -0.4 is 20.1 Å². The highest BCUT2D eigenvalue weighted by atomic mass is 127. The summed E-state index contributed by atoms with van der Waals surface area (Å²) < 4.78 is 11.6. The van der Waals surface area contributed by atoms with Crippen molar-refractivity contribution >= 4 is 40.0 Å². The van der Waals surface area contributed by atoms with Crippen molar-refractivity contribution in [1.82, 2.24) is 0 Å². The Balaban J connectivity index is 2.19. The number of hydrogen-bond acceptors (Lipinski definition) is 3. The van der Waals surface area contributed by atoms with Crippen LogP contribution >= 0.6 is 22.6 Å². The number of halogens is 1. The van der Waals surface area contributed by atoms with Gasteiger partial charge in [-0.3, -0.25) is 0 Å². The quantitative estimate of drug-likeness (QED) is 0.738. The number of methoxy groups -OCH3 is 2. The second kappa shape index (κ2) is 7.35.